The Morgan fingerprint density at radius 2 is 1.20 bits per heavy atom. The van der Waals surface area contributed by atoms with E-state index in [1.165, 1.54) is 72.9 Å². The highest BCUT2D eigenvalue weighted by Crippen LogP contribution is 2.42. The highest BCUT2D eigenvalue weighted by Gasteiger charge is 2.26. The van der Waals surface area contributed by atoms with Crippen LogP contribution in [0.2, 0.25) is 0 Å². The molecule has 9 rings (SSSR count). The minimum Gasteiger partial charge on any atom is -0.497 e. The molecule has 1 N–H and O–H groups in total. The van der Waals surface area contributed by atoms with Gasteiger partial charge in [-0.3, -0.25) is 0 Å². The zero-order valence-corrected chi connectivity index (χ0v) is 30.9. The molecule has 2 heterocycles. The van der Waals surface area contributed by atoms with Crippen molar-refractivity contribution in [2.45, 2.75) is 50.4 Å². The van der Waals surface area contributed by atoms with E-state index in [0.29, 0.717) is 29.4 Å². The lowest BCUT2D eigenvalue weighted by molar-refractivity contribution is 0.0590. The Morgan fingerprint density at radius 1 is 0.630 bits per heavy atom. The molecule has 0 saturated heterocycles. The van der Waals surface area contributed by atoms with Crippen LogP contribution in [0.4, 0.5) is 0 Å². The minimum atomic E-state index is -0.260. The van der Waals surface area contributed by atoms with Gasteiger partial charge in [-0.05, 0) is 162 Å². The van der Waals surface area contributed by atoms with E-state index in [2.05, 4.69) is 101 Å². The van der Waals surface area contributed by atoms with Crippen LogP contribution in [0.5, 0.6) is 5.75 Å². The van der Waals surface area contributed by atoms with E-state index in [4.69, 9.17) is 14.2 Å². The van der Waals surface area contributed by atoms with Crippen molar-refractivity contribution in [3.63, 3.8) is 0 Å². The van der Waals surface area contributed by atoms with Gasteiger partial charge in [0.15, 0.2) is 0 Å². The highest BCUT2D eigenvalue weighted by molar-refractivity contribution is 5.92. The molecule has 7 nitrogen and oxygen atoms in total. The number of rotatable bonds is 10. The van der Waals surface area contributed by atoms with Gasteiger partial charge in [-0.25, -0.2) is 9.59 Å². The lowest BCUT2D eigenvalue weighted by Gasteiger charge is -2.11. The molecule has 0 unspecified atom stereocenters. The molecule has 2 aliphatic rings. The van der Waals surface area contributed by atoms with Crippen LogP contribution in [0.25, 0.3) is 27.5 Å². The van der Waals surface area contributed by atoms with Crippen molar-refractivity contribution >= 4 is 33.7 Å². The SMILES string of the molecule is COC(=O)c1cc(C2CC2)ccc1Cc1ccc2[nH]ccc2c1.COC(=O)c1cc(C2CC2)ccc1Cc1ccc2c(ccn2-c2ccc(OC)cc2)c1. The summed E-state index contributed by atoms with van der Waals surface area (Å²) in [5, 5.41) is 2.36. The van der Waals surface area contributed by atoms with E-state index in [-0.39, 0.29) is 11.9 Å². The van der Waals surface area contributed by atoms with E-state index in [9.17, 15) is 9.59 Å². The molecule has 7 aromatic rings. The number of esters is 2. The minimum absolute atomic E-state index is 0.245. The summed E-state index contributed by atoms with van der Waals surface area (Å²) in [7, 11) is 4.57. The molecule has 2 aromatic heterocycles. The summed E-state index contributed by atoms with van der Waals surface area (Å²) < 4.78 is 17.5. The number of hydrogen-bond donors (Lipinski definition) is 1. The van der Waals surface area contributed by atoms with Crippen molar-refractivity contribution in [3.05, 3.63) is 166 Å². The van der Waals surface area contributed by atoms with Crippen LogP contribution in [-0.4, -0.2) is 42.8 Å². The molecule has 2 fully saturated rings. The number of aromatic amines is 1. The fourth-order valence-electron chi connectivity index (χ4n) is 7.36. The number of nitrogens with one attached hydrogen (secondary N) is 1. The summed E-state index contributed by atoms with van der Waals surface area (Å²) >= 11 is 0. The third-order valence-corrected chi connectivity index (χ3v) is 10.7. The van der Waals surface area contributed by atoms with Crippen molar-refractivity contribution < 1.29 is 23.8 Å². The average molecular weight is 717 g/mol. The van der Waals surface area contributed by atoms with Crippen LogP contribution < -0.4 is 4.74 Å². The maximum atomic E-state index is 12.4. The number of carbonyl (C=O) groups is 2. The Morgan fingerprint density at radius 3 is 1.76 bits per heavy atom. The van der Waals surface area contributed by atoms with Gasteiger partial charge in [0, 0.05) is 29.0 Å². The van der Waals surface area contributed by atoms with E-state index < -0.39 is 0 Å². The van der Waals surface area contributed by atoms with Crippen molar-refractivity contribution in [2.24, 2.45) is 0 Å². The third kappa shape index (κ3) is 7.53. The number of fused-ring (bicyclic) bond motifs is 2. The lowest BCUT2D eigenvalue weighted by Crippen LogP contribution is -2.07. The summed E-state index contributed by atoms with van der Waals surface area (Å²) in [6.45, 7) is 0. The number of aromatic nitrogens is 2. The zero-order valence-electron chi connectivity index (χ0n) is 30.9. The maximum absolute atomic E-state index is 12.4. The van der Waals surface area contributed by atoms with Gasteiger partial charge in [0.1, 0.15) is 5.75 Å². The molecule has 2 aliphatic carbocycles. The summed E-state index contributed by atoms with van der Waals surface area (Å²) in [6, 6.07) is 37.6. The Hall–Kier alpha value is -6.08. The number of methoxy groups -OCH3 is 3. The number of H-pyrrole nitrogens is 1. The number of hydrogen-bond acceptors (Lipinski definition) is 5. The second-order valence-corrected chi connectivity index (χ2v) is 14.4. The van der Waals surface area contributed by atoms with Crippen LogP contribution in [0, 0.1) is 0 Å². The second kappa shape index (κ2) is 15.1. The van der Waals surface area contributed by atoms with Crippen LogP contribution in [0.3, 0.4) is 0 Å². The van der Waals surface area contributed by atoms with Crippen molar-refractivity contribution in [1.82, 2.24) is 9.55 Å². The quantitative estimate of drug-likeness (QED) is 0.143. The Kier molecular flexibility index (Phi) is 9.79. The number of ether oxygens (including phenoxy) is 3. The molecule has 5 aromatic carbocycles. The van der Waals surface area contributed by atoms with Crippen molar-refractivity contribution in [3.8, 4) is 11.4 Å². The summed E-state index contributed by atoms with van der Waals surface area (Å²) in [6.07, 6.45) is 10.3. The smallest absolute Gasteiger partial charge is 0.338 e. The standard InChI is InChI=1S/C27H25NO3.C20H19NO2/c1-30-24-10-8-23(9-11-24)28-14-13-22-16-18(3-12-26(22)28)15-21-7-6-20(19-4-5-19)17-25(21)27(29)31-2;1-23-20(22)18-12-15(14-3-4-14)5-6-16(18)10-13-2-7-19-17(11-13)8-9-21-19/h3,6-14,16-17,19H,4-5,15H2,1-2H3;2,5-9,11-12,14,21H,3-4,10H2,1H3. The van der Waals surface area contributed by atoms with Gasteiger partial charge >= 0.3 is 11.9 Å². The lowest BCUT2D eigenvalue weighted by atomic mass is 9.96. The summed E-state index contributed by atoms with van der Waals surface area (Å²) in [5.74, 6) is 1.57. The number of nitrogens with zero attached hydrogens (tertiary/aromatic N) is 1. The first kappa shape index (κ1) is 35.0. The monoisotopic (exact) mass is 716 g/mol. The molecule has 0 radical (unpaired) electrons. The van der Waals surface area contributed by atoms with Crippen LogP contribution in [0.15, 0.2) is 122 Å². The molecular formula is C47H44N2O5. The van der Waals surface area contributed by atoms with Gasteiger partial charge in [0.05, 0.1) is 38.0 Å². The average Bonchev–Trinajstić information content (AvgIpc) is 4.15. The zero-order chi connectivity index (χ0) is 37.2. The molecule has 0 atom stereocenters. The van der Waals surface area contributed by atoms with Crippen LogP contribution >= 0.6 is 0 Å². The number of carbonyl (C=O) groups excluding carboxylic acids is 2. The highest BCUT2D eigenvalue weighted by atomic mass is 16.5. The Labute approximate surface area is 315 Å². The van der Waals surface area contributed by atoms with E-state index >= 15 is 0 Å². The van der Waals surface area contributed by atoms with E-state index in [1.54, 1.807) is 7.11 Å². The van der Waals surface area contributed by atoms with Crippen molar-refractivity contribution in [2.75, 3.05) is 21.3 Å². The Balaban J connectivity index is 0.000000160. The summed E-state index contributed by atoms with van der Waals surface area (Å²) in [5.41, 5.74) is 11.6. The Bertz CT molecular complexity index is 2460. The van der Waals surface area contributed by atoms with E-state index in [0.717, 1.165) is 40.0 Å². The molecule has 0 spiro atoms. The fraction of sp³-hybridized carbons (Fsp3) is 0.234. The van der Waals surface area contributed by atoms with Gasteiger partial charge in [-0.1, -0.05) is 36.4 Å². The largest absolute Gasteiger partial charge is 0.497 e. The second-order valence-electron chi connectivity index (χ2n) is 14.4. The maximum Gasteiger partial charge on any atom is 0.338 e. The van der Waals surface area contributed by atoms with Crippen molar-refractivity contribution in [1.29, 1.82) is 0 Å². The molecule has 0 bridgehead atoms. The molecule has 54 heavy (non-hydrogen) atoms. The molecule has 272 valence electrons. The molecule has 0 aliphatic heterocycles. The first-order valence-electron chi connectivity index (χ1n) is 18.6. The summed E-state index contributed by atoms with van der Waals surface area (Å²) in [4.78, 5) is 27.8. The van der Waals surface area contributed by atoms with Gasteiger partial charge in [0.25, 0.3) is 0 Å². The normalized spacial score (nSPS) is 13.7. The molecule has 0 amide bonds. The molecular weight excluding hydrogens is 673 g/mol. The molecule has 2 saturated carbocycles. The van der Waals surface area contributed by atoms with Crippen LogP contribution in [0.1, 0.15) is 91.6 Å². The van der Waals surface area contributed by atoms with Crippen LogP contribution in [-0.2, 0) is 22.3 Å². The molecule has 7 heteroatoms. The first-order chi connectivity index (χ1) is 26.4. The van der Waals surface area contributed by atoms with Gasteiger partial charge in [0.2, 0.25) is 0 Å². The third-order valence-electron chi connectivity index (χ3n) is 10.7. The van der Waals surface area contributed by atoms with Gasteiger partial charge in [-0.15, -0.1) is 0 Å². The predicted molar refractivity (Wildman–Crippen MR) is 213 cm³/mol. The predicted octanol–water partition coefficient (Wildman–Crippen LogP) is 10.3. The van der Waals surface area contributed by atoms with E-state index in [1.807, 2.05) is 30.5 Å². The fourth-order valence-corrected chi connectivity index (χ4v) is 7.36. The first-order valence-corrected chi connectivity index (χ1v) is 18.6. The topological polar surface area (TPSA) is 82.6 Å². The number of benzene rings is 5. The van der Waals surface area contributed by atoms with Gasteiger partial charge in [-0.2, -0.15) is 0 Å². The van der Waals surface area contributed by atoms with Gasteiger partial charge < -0.3 is 23.8 Å².